The van der Waals surface area contributed by atoms with Crippen LogP contribution in [0.4, 0.5) is 5.69 Å². The Morgan fingerprint density at radius 2 is 1.97 bits per heavy atom. The van der Waals surface area contributed by atoms with Crippen molar-refractivity contribution < 1.29 is 17.6 Å². The SMILES string of the molecule is CS(=O)(=O)c1ccc2c(c1)SC1=NC(=O)C(=Cc3coc4ccc(Cl)cc4c3=O)C(=N)N12. The summed E-state index contributed by atoms with van der Waals surface area (Å²) in [4.78, 5) is 31.7. The van der Waals surface area contributed by atoms with E-state index in [1.54, 1.807) is 18.2 Å². The number of fused-ring (bicyclic) bond motifs is 4. The Morgan fingerprint density at radius 3 is 2.72 bits per heavy atom. The molecule has 0 saturated carbocycles. The third-order valence-electron chi connectivity index (χ3n) is 4.96. The highest BCUT2D eigenvalue weighted by Crippen LogP contribution is 2.44. The number of halogens is 1. The predicted molar refractivity (Wildman–Crippen MR) is 124 cm³/mol. The summed E-state index contributed by atoms with van der Waals surface area (Å²) in [7, 11) is -3.42. The van der Waals surface area contributed by atoms with Crippen LogP contribution < -0.4 is 10.3 Å². The Bertz CT molecular complexity index is 1610. The van der Waals surface area contributed by atoms with Crippen molar-refractivity contribution in [2.75, 3.05) is 11.2 Å². The van der Waals surface area contributed by atoms with Gasteiger partial charge in [0.2, 0.25) is 0 Å². The minimum atomic E-state index is -3.42. The average Bonchev–Trinajstić information content (AvgIpc) is 3.09. The molecule has 32 heavy (non-hydrogen) atoms. The van der Waals surface area contributed by atoms with Crippen LogP contribution in [0.15, 0.2) is 72.2 Å². The van der Waals surface area contributed by atoms with Crippen molar-refractivity contribution in [2.45, 2.75) is 9.79 Å². The molecule has 0 unspecified atom stereocenters. The smallest absolute Gasteiger partial charge is 0.283 e. The minimum Gasteiger partial charge on any atom is -0.463 e. The number of hydrogen-bond acceptors (Lipinski definition) is 7. The summed E-state index contributed by atoms with van der Waals surface area (Å²) in [6, 6.07) is 9.13. The highest BCUT2D eigenvalue weighted by atomic mass is 35.5. The molecule has 0 radical (unpaired) electrons. The molecule has 5 rings (SSSR count). The van der Waals surface area contributed by atoms with E-state index in [9.17, 15) is 18.0 Å². The summed E-state index contributed by atoms with van der Waals surface area (Å²) in [6.45, 7) is 0. The number of rotatable bonds is 2. The molecule has 8 nitrogen and oxygen atoms in total. The number of aliphatic imine (C=N–C) groups is 1. The number of carbonyl (C=O) groups is 1. The second-order valence-electron chi connectivity index (χ2n) is 7.11. The van der Waals surface area contributed by atoms with Crippen molar-refractivity contribution in [1.82, 2.24) is 0 Å². The number of nitrogens with zero attached hydrogens (tertiary/aromatic N) is 2. The van der Waals surface area contributed by atoms with Gasteiger partial charge in [0.25, 0.3) is 5.91 Å². The Balaban J connectivity index is 1.61. The zero-order valence-electron chi connectivity index (χ0n) is 16.2. The van der Waals surface area contributed by atoms with E-state index in [0.29, 0.717) is 21.2 Å². The van der Waals surface area contributed by atoms with Gasteiger partial charge in [-0.05, 0) is 54.2 Å². The summed E-state index contributed by atoms with van der Waals surface area (Å²) in [5.74, 6) is -0.862. The monoisotopic (exact) mass is 485 g/mol. The summed E-state index contributed by atoms with van der Waals surface area (Å²) < 4.78 is 29.2. The number of nitrogens with one attached hydrogen (secondary N) is 1. The van der Waals surface area contributed by atoms with Crippen molar-refractivity contribution in [1.29, 1.82) is 5.41 Å². The molecule has 3 heterocycles. The maximum Gasteiger partial charge on any atom is 0.283 e. The lowest BCUT2D eigenvalue weighted by Gasteiger charge is -2.24. The van der Waals surface area contributed by atoms with Gasteiger partial charge >= 0.3 is 0 Å². The van der Waals surface area contributed by atoms with Gasteiger partial charge in [0.05, 0.1) is 27.1 Å². The van der Waals surface area contributed by atoms with Gasteiger partial charge in [-0.3, -0.25) is 19.9 Å². The van der Waals surface area contributed by atoms with Crippen LogP contribution in [0.1, 0.15) is 5.56 Å². The molecular weight excluding hydrogens is 474 g/mol. The van der Waals surface area contributed by atoms with Gasteiger partial charge in [-0.1, -0.05) is 11.6 Å². The van der Waals surface area contributed by atoms with E-state index in [-0.39, 0.29) is 32.4 Å². The molecule has 0 spiro atoms. The highest BCUT2D eigenvalue weighted by Gasteiger charge is 2.38. The molecule has 3 aromatic rings. The molecule has 2 aliphatic rings. The van der Waals surface area contributed by atoms with Crippen LogP contribution in [-0.2, 0) is 14.6 Å². The normalized spacial score (nSPS) is 17.0. The fraction of sp³-hybridized carbons (Fsp3) is 0.0476. The molecule has 2 aliphatic heterocycles. The molecule has 0 bridgehead atoms. The first-order valence-corrected chi connectivity index (χ1v) is 12.2. The molecule has 160 valence electrons. The fourth-order valence-electron chi connectivity index (χ4n) is 3.40. The number of sulfone groups is 1. The van der Waals surface area contributed by atoms with Crippen molar-refractivity contribution in [2.24, 2.45) is 4.99 Å². The first-order valence-electron chi connectivity index (χ1n) is 9.10. The molecule has 1 amide bonds. The second-order valence-corrected chi connectivity index (χ2v) is 10.6. The van der Waals surface area contributed by atoms with Crippen LogP contribution in [0.2, 0.25) is 5.02 Å². The Labute approximate surface area is 190 Å². The topological polar surface area (TPSA) is 121 Å². The summed E-state index contributed by atoms with van der Waals surface area (Å²) >= 11 is 7.08. The van der Waals surface area contributed by atoms with E-state index < -0.39 is 21.2 Å². The third kappa shape index (κ3) is 3.27. The lowest BCUT2D eigenvalue weighted by Crippen LogP contribution is -2.39. The van der Waals surface area contributed by atoms with Crippen LogP contribution in [0.25, 0.3) is 17.0 Å². The third-order valence-corrected chi connectivity index (χ3v) is 7.31. The Hall–Kier alpha value is -3.21. The molecule has 2 aromatic carbocycles. The molecule has 1 N–H and O–H groups in total. The van der Waals surface area contributed by atoms with E-state index in [1.807, 2.05) is 0 Å². The minimum absolute atomic E-state index is 0.0750. The van der Waals surface area contributed by atoms with Crippen LogP contribution in [0, 0.1) is 5.41 Å². The largest absolute Gasteiger partial charge is 0.463 e. The zero-order valence-corrected chi connectivity index (χ0v) is 18.6. The number of benzene rings is 2. The maximum absolute atomic E-state index is 12.9. The molecule has 1 aromatic heterocycles. The van der Waals surface area contributed by atoms with Gasteiger partial charge in [-0.25, -0.2) is 8.42 Å². The number of carbonyl (C=O) groups excluding carboxylic acids is 1. The Morgan fingerprint density at radius 1 is 1.19 bits per heavy atom. The van der Waals surface area contributed by atoms with Crippen LogP contribution in [0.5, 0.6) is 0 Å². The van der Waals surface area contributed by atoms with E-state index in [4.69, 9.17) is 21.4 Å². The highest BCUT2D eigenvalue weighted by molar-refractivity contribution is 8.15. The van der Waals surface area contributed by atoms with Gasteiger partial charge in [-0.15, -0.1) is 0 Å². The van der Waals surface area contributed by atoms with Crippen molar-refractivity contribution in [3.8, 4) is 0 Å². The fourth-order valence-corrected chi connectivity index (χ4v) is 5.35. The van der Waals surface area contributed by atoms with Crippen molar-refractivity contribution >= 4 is 72.8 Å². The standard InChI is InChI=1S/C21H12ClN3O5S2/c1-32(28,29)12-3-4-15-17(8-12)31-21-24-20(27)14(19(23)25(15)21)6-10-9-30-16-5-2-11(22)7-13(16)18(10)26/h2-9,23H,1H3. The zero-order chi connectivity index (χ0) is 22.8. The van der Waals surface area contributed by atoms with Gasteiger partial charge in [-0.2, -0.15) is 4.99 Å². The van der Waals surface area contributed by atoms with Gasteiger partial charge < -0.3 is 4.42 Å². The quantitative estimate of drug-likeness (QED) is 0.549. The summed E-state index contributed by atoms with van der Waals surface area (Å²) in [5, 5.41) is 9.46. The molecule has 0 atom stereocenters. The van der Waals surface area contributed by atoms with Crippen LogP contribution in [-0.4, -0.2) is 31.6 Å². The number of thioether (sulfide) groups is 1. The first kappa shape index (κ1) is 20.7. The number of amides is 1. The van der Waals surface area contributed by atoms with Crippen molar-refractivity contribution in [3.05, 3.63) is 69.0 Å². The predicted octanol–water partition coefficient (Wildman–Crippen LogP) is 3.72. The van der Waals surface area contributed by atoms with Gasteiger partial charge in [0.1, 0.15) is 17.7 Å². The number of anilines is 1. The van der Waals surface area contributed by atoms with Gasteiger partial charge in [0, 0.05) is 16.2 Å². The molecule has 0 saturated heterocycles. The summed E-state index contributed by atoms with van der Waals surface area (Å²) in [6.07, 6.45) is 3.59. The van der Waals surface area contributed by atoms with E-state index in [2.05, 4.69) is 4.99 Å². The number of amidine groups is 2. The molecule has 0 aliphatic carbocycles. The lowest BCUT2D eigenvalue weighted by molar-refractivity contribution is -0.113. The molecular formula is C21H12ClN3O5S2. The van der Waals surface area contributed by atoms with Crippen molar-refractivity contribution in [3.63, 3.8) is 0 Å². The van der Waals surface area contributed by atoms with Crippen LogP contribution >= 0.6 is 23.4 Å². The van der Waals surface area contributed by atoms with Gasteiger partial charge in [0.15, 0.2) is 20.4 Å². The van der Waals surface area contributed by atoms with E-state index in [1.165, 1.54) is 35.4 Å². The molecule has 0 fully saturated rings. The second kappa shape index (κ2) is 7.16. The lowest BCUT2D eigenvalue weighted by atomic mass is 10.1. The number of hydrogen-bond donors (Lipinski definition) is 1. The first-order chi connectivity index (χ1) is 15.1. The Kier molecular flexibility index (Phi) is 4.63. The maximum atomic E-state index is 12.9. The van der Waals surface area contributed by atoms with E-state index >= 15 is 0 Å². The van der Waals surface area contributed by atoms with E-state index in [0.717, 1.165) is 18.0 Å². The average molecular weight is 486 g/mol. The van der Waals surface area contributed by atoms with Crippen LogP contribution in [0.3, 0.4) is 0 Å². The summed E-state index contributed by atoms with van der Waals surface area (Å²) in [5.41, 5.74) is 0.458. The molecule has 11 heteroatoms.